The number of nitrogens with one attached hydrogen (secondary N) is 1. The van der Waals surface area contributed by atoms with E-state index in [0.717, 1.165) is 25.2 Å². The third kappa shape index (κ3) is 4.52. The predicted octanol–water partition coefficient (Wildman–Crippen LogP) is 3.26. The van der Waals surface area contributed by atoms with Gasteiger partial charge in [-0.3, -0.25) is 15.0 Å². The van der Waals surface area contributed by atoms with Gasteiger partial charge in [-0.15, -0.1) is 0 Å². The maximum Gasteiger partial charge on any atom is 0.292 e. The van der Waals surface area contributed by atoms with Crippen molar-refractivity contribution in [1.82, 2.24) is 4.90 Å². The second-order valence-electron chi connectivity index (χ2n) is 4.58. The van der Waals surface area contributed by atoms with E-state index in [1.807, 2.05) is 12.1 Å². The lowest BCUT2D eigenvalue weighted by Crippen LogP contribution is -2.24. The van der Waals surface area contributed by atoms with Crippen LogP contribution in [0.5, 0.6) is 0 Å². The van der Waals surface area contributed by atoms with Crippen LogP contribution >= 0.6 is 0 Å². The minimum atomic E-state index is -0.357. The van der Waals surface area contributed by atoms with Gasteiger partial charge in [0, 0.05) is 19.7 Å². The lowest BCUT2D eigenvalue weighted by Gasteiger charge is -2.20. The number of benzene rings is 1. The van der Waals surface area contributed by atoms with E-state index in [2.05, 4.69) is 24.1 Å². The highest BCUT2D eigenvalue weighted by atomic mass is 16.6. The highest BCUT2D eigenvalue weighted by molar-refractivity contribution is 5.62. The average Bonchev–Trinajstić information content (AvgIpc) is 2.42. The molecule has 5 nitrogen and oxygen atoms in total. The van der Waals surface area contributed by atoms with Crippen LogP contribution in [0.4, 0.5) is 11.4 Å². The number of nitro benzene ring substituents is 1. The molecule has 0 unspecified atom stereocenters. The molecule has 0 atom stereocenters. The van der Waals surface area contributed by atoms with Crippen molar-refractivity contribution in [2.45, 2.75) is 33.2 Å². The van der Waals surface area contributed by atoms with E-state index in [-0.39, 0.29) is 10.6 Å². The first-order valence-corrected chi connectivity index (χ1v) is 6.79. The fourth-order valence-electron chi connectivity index (χ4n) is 2.03. The summed E-state index contributed by atoms with van der Waals surface area (Å²) in [5.74, 6) is 0. The van der Waals surface area contributed by atoms with Gasteiger partial charge in [0.2, 0.25) is 0 Å². The topological polar surface area (TPSA) is 58.4 Å². The van der Waals surface area contributed by atoms with Crippen LogP contribution in [0.3, 0.4) is 0 Å². The molecule has 0 bridgehead atoms. The largest absolute Gasteiger partial charge is 0.383 e. The van der Waals surface area contributed by atoms with Gasteiger partial charge in [-0.2, -0.15) is 0 Å². The van der Waals surface area contributed by atoms with E-state index in [1.165, 1.54) is 12.8 Å². The fraction of sp³-hybridized carbons (Fsp3) is 0.571. The molecule has 0 aliphatic carbocycles. The molecule has 0 aliphatic heterocycles. The van der Waals surface area contributed by atoms with Gasteiger partial charge in [-0.1, -0.05) is 26.3 Å². The van der Waals surface area contributed by atoms with Crippen LogP contribution in [0.25, 0.3) is 0 Å². The first-order chi connectivity index (χ1) is 9.12. The van der Waals surface area contributed by atoms with Crippen molar-refractivity contribution in [3.05, 3.63) is 33.9 Å². The van der Waals surface area contributed by atoms with Crippen molar-refractivity contribution in [3.8, 4) is 0 Å². The predicted molar refractivity (Wildman–Crippen MR) is 78.5 cm³/mol. The van der Waals surface area contributed by atoms with E-state index in [0.29, 0.717) is 5.69 Å². The standard InChI is InChI=1S/C14H23N3O2/c1-4-6-9-16(5-2)11-12-7-8-14(17(18)19)13(10-12)15-3/h7-8,10,15H,4-6,9,11H2,1-3H3. The second-order valence-corrected chi connectivity index (χ2v) is 4.58. The Morgan fingerprint density at radius 2 is 2.11 bits per heavy atom. The maximum atomic E-state index is 10.9. The molecular weight excluding hydrogens is 242 g/mol. The molecule has 0 aromatic heterocycles. The van der Waals surface area contributed by atoms with Gasteiger partial charge in [-0.25, -0.2) is 0 Å². The Balaban J connectivity index is 2.81. The number of nitro groups is 1. The summed E-state index contributed by atoms with van der Waals surface area (Å²) in [6, 6.07) is 5.29. The van der Waals surface area contributed by atoms with Crippen LogP contribution in [0, 0.1) is 10.1 Å². The third-order valence-electron chi connectivity index (χ3n) is 3.21. The second kappa shape index (κ2) is 7.74. The van der Waals surface area contributed by atoms with Gasteiger partial charge < -0.3 is 5.32 Å². The van der Waals surface area contributed by atoms with Crippen LogP contribution in [0.1, 0.15) is 32.3 Å². The van der Waals surface area contributed by atoms with Crippen molar-refractivity contribution in [2.24, 2.45) is 0 Å². The lowest BCUT2D eigenvalue weighted by atomic mass is 10.1. The van der Waals surface area contributed by atoms with Gasteiger partial charge >= 0.3 is 0 Å². The SMILES string of the molecule is CCCCN(CC)Cc1ccc([N+](=O)[O-])c(NC)c1. The smallest absolute Gasteiger partial charge is 0.292 e. The van der Waals surface area contributed by atoms with Crippen LogP contribution in [0.2, 0.25) is 0 Å². The zero-order chi connectivity index (χ0) is 14.3. The summed E-state index contributed by atoms with van der Waals surface area (Å²) in [7, 11) is 1.71. The zero-order valence-corrected chi connectivity index (χ0v) is 12.0. The molecule has 1 rings (SSSR count). The molecule has 0 aliphatic rings. The van der Waals surface area contributed by atoms with Crippen LogP contribution in [-0.2, 0) is 6.54 Å². The fourth-order valence-corrected chi connectivity index (χ4v) is 2.03. The molecule has 1 N–H and O–H groups in total. The van der Waals surface area contributed by atoms with Crippen molar-refractivity contribution >= 4 is 11.4 Å². The van der Waals surface area contributed by atoms with Crippen LogP contribution in [0.15, 0.2) is 18.2 Å². The molecule has 5 heteroatoms. The van der Waals surface area contributed by atoms with Gasteiger partial charge in [0.1, 0.15) is 5.69 Å². The van der Waals surface area contributed by atoms with Crippen molar-refractivity contribution in [3.63, 3.8) is 0 Å². The van der Waals surface area contributed by atoms with Crippen molar-refractivity contribution < 1.29 is 4.92 Å². The molecule has 0 fully saturated rings. The van der Waals surface area contributed by atoms with Crippen LogP contribution < -0.4 is 5.32 Å². The Kier molecular flexibility index (Phi) is 6.29. The van der Waals surface area contributed by atoms with Crippen molar-refractivity contribution in [2.75, 3.05) is 25.5 Å². The summed E-state index contributed by atoms with van der Waals surface area (Å²) in [5.41, 5.74) is 1.81. The number of hydrogen-bond donors (Lipinski definition) is 1. The van der Waals surface area contributed by atoms with E-state index in [4.69, 9.17) is 0 Å². The maximum absolute atomic E-state index is 10.9. The quantitative estimate of drug-likeness (QED) is 0.579. The summed E-state index contributed by atoms with van der Waals surface area (Å²) in [6.45, 7) is 7.22. The third-order valence-corrected chi connectivity index (χ3v) is 3.21. The summed E-state index contributed by atoms with van der Waals surface area (Å²) < 4.78 is 0. The highest BCUT2D eigenvalue weighted by Crippen LogP contribution is 2.25. The Hall–Kier alpha value is -1.62. The van der Waals surface area contributed by atoms with Gasteiger partial charge in [0.15, 0.2) is 0 Å². The van der Waals surface area contributed by atoms with Gasteiger partial charge in [-0.05, 0) is 31.1 Å². The average molecular weight is 265 g/mol. The molecular formula is C14H23N3O2. The Labute approximate surface area is 114 Å². The van der Waals surface area contributed by atoms with E-state index < -0.39 is 0 Å². The molecule has 0 saturated heterocycles. The Morgan fingerprint density at radius 3 is 2.63 bits per heavy atom. The number of unbranched alkanes of at least 4 members (excludes halogenated alkanes) is 1. The molecule has 0 saturated carbocycles. The molecule has 0 radical (unpaired) electrons. The zero-order valence-electron chi connectivity index (χ0n) is 12.0. The number of anilines is 1. The highest BCUT2D eigenvalue weighted by Gasteiger charge is 2.13. The molecule has 106 valence electrons. The molecule has 0 spiro atoms. The first kappa shape index (κ1) is 15.4. The summed E-state index contributed by atoms with van der Waals surface area (Å²) >= 11 is 0. The number of hydrogen-bond acceptors (Lipinski definition) is 4. The summed E-state index contributed by atoms with van der Waals surface area (Å²) in [5, 5.41) is 13.8. The molecule has 19 heavy (non-hydrogen) atoms. The lowest BCUT2D eigenvalue weighted by molar-refractivity contribution is -0.384. The summed E-state index contributed by atoms with van der Waals surface area (Å²) in [4.78, 5) is 12.9. The first-order valence-electron chi connectivity index (χ1n) is 6.79. The minimum Gasteiger partial charge on any atom is -0.383 e. The molecule has 1 aromatic rings. The molecule has 0 amide bonds. The monoisotopic (exact) mass is 265 g/mol. The van der Waals surface area contributed by atoms with Crippen molar-refractivity contribution in [1.29, 1.82) is 0 Å². The minimum absolute atomic E-state index is 0.128. The molecule has 0 heterocycles. The van der Waals surface area contributed by atoms with Crippen LogP contribution in [-0.4, -0.2) is 30.0 Å². The number of nitrogens with zero attached hydrogens (tertiary/aromatic N) is 2. The van der Waals surface area contributed by atoms with Gasteiger partial charge in [0.05, 0.1) is 4.92 Å². The molecule has 1 aromatic carbocycles. The summed E-state index contributed by atoms with van der Waals surface area (Å²) in [6.07, 6.45) is 2.36. The Morgan fingerprint density at radius 1 is 1.37 bits per heavy atom. The van der Waals surface area contributed by atoms with Gasteiger partial charge in [0.25, 0.3) is 5.69 Å². The van der Waals surface area contributed by atoms with E-state index in [9.17, 15) is 10.1 Å². The number of rotatable bonds is 8. The Bertz CT molecular complexity index is 421. The van der Waals surface area contributed by atoms with E-state index in [1.54, 1.807) is 13.1 Å². The van der Waals surface area contributed by atoms with E-state index >= 15 is 0 Å². The normalized spacial score (nSPS) is 10.7.